The first-order valence-electron chi connectivity index (χ1n) is 11.2. The van der Waals surface area contributed by atoms with Gasteiger partial charge in [0.05, 0.1) is 21.7 Å². The molecular weight excluding hydrogens is 514 g/mol. The zero-order valence-electron chi connectivity index (χ0n) is 19.1. The number of rotatable bonds is 6. The monoisotopic (exact) mass is 531 g/mol. The van der Waals surface area contributed by atoms with E-state index in [1.807, 2.05) is 0 Å². The van der Waals surface area contributed by atoms with Gasteiger partial charge in [0.2, 0.25) is 0 Å². The number of benzene rings is 3. The molecule has 0 aromatic heterocycles. The molecule has 0 aliphatic carbocycles. The summed E-state index contributed by atoms with van der Waals surface area (Å²) in [6.07, 6.45) is 1.62. The molecule has 5 rings (SSSR count). The lowest BCUT2D eigenvalue weighted by molar-refractivity contribution is -0.122. The van der Waals surface area contributed by atoms with E-state index in [-0.39, 0.29) is 29.2 Å². The summed E-state index contributed by atoms with van der Waals surface area (Å²) >= 11 is 6.71. The lowest BCUT2D eigenvalue weighted by Crippen LogP contribution is -2.37. The van der Waals surface area contributed by atoms with Gasteiger partial charge in [-0.05, 0) is 65.9 Å². The number of hydrogen-bond donors (Lipinski definition) is 1. The fourth-order valence-corrected chi connectivity index (χ4v) is 4.99. The van der Waals surface area contributed by atoms with E-state index in [1.165, 1.54) is 6.07 Å². The van der Waals surface area contributed by atoms with Gasteiger partial charge in [-0.25, -0.2) is 4.90 Å². The topological polar surface area (TPSA) is 104 Å². The molecule has 0 bridgehead atoms. The summed E-state index contributed by atoms with van der Waals surface area (Å²) in [5, 5.41) is 2.82. The summed E-state index contributed by atoms with van der Waals surface area (Å²) in [6, 6.07) is 19.6. The van der Waals surface area contributed by atoms with Crippen LogP contribution in [0.15, 0.2) is 77.7 Å². The zero-order chi connectivity index (χ0) is 26.1. The van der Waals surface area contributed by atoms with E-state index in [0.29, 0.717) is 16.1 Å². The van der Waals surface area contributed by atoms with Crippen LogP contribution < -0.4 is 10.2 Å². The number of halogens is 1. The molecule has 0 atom stereocenters. The SMILES string of the molecule is O=C(NCCN1C(=O)S/C(=C\c2ccc(Cl)cc2)C1=O)c1cccc(N2C(=O)c3ccccc3C2=O)c1. The molecule has 0 spiro atoms. The second-order valence-corrected chi connectivity index (χ2v) is 9.61. The van der Waals surface area contributed by atoms with Crippen LogP contribution in [0.5, 0.6) is 0 Å². The predicted molar refractivity (Wildman–Crippen MR) is 140 cm³/mol. The summed E-state index contributed by atoms with van der Waals surface area (Å²) in [5.74, 6) is -1.82. The van der Waals surface area contributed by atoms with Gasteiger partial charge in [-0.3, -0.25) is 28.9 Å². The van der Waals surface area contributed by atoms with Crippen molar-refractivity contribution in [2.45, 2.75) is 0 Å². The first-order chi connectivity index (χ1) is 17.8. The Kier molecular flexibility index (Phi) is 6.64. The summed E-state index contributed by atoms with van der Waals surface area (Å²) in [6.45, 7) is 0.0226. The third-order valence-corrected chi connectivity index (χ3v) is 6.98. The predicted octanol–water partition coefficient (Wildman–Crippen LogP) is 4.61. The summed E-state index contributed by atoms with van der Waals surface area (Å²) in [5.41, 5.74) is 1.86. The number of hydrogen-bond acceptors (Lipinski definition) is 6. The van der Waals surface area contributed by atoms with Crippen LogP contribution in [0.3, 0.4) is 0 Å². The van der Waals surface area contributed by atoms with Crippen molar-refractivity contribution in [1.82, 2.24) is 10.2 Å². The van der Waals surface area contributed by atoms with Gasteiger partial charge in [-0.2, -0.15) is 0 Å². The number of amides is 5. The first kappa shape index (κ1) is 24.5. The molecule has 1 saturated heterocycles. The molecule has 3 aromatic rings. The van der Waals surface area contributed by atoms with Crippen LogP contribution in [0, 0.1) is 0 Å². The molecule has 37 heavy (non-hydrogen) atoms. The van der Waals surface area contributed by atoms with Crippen LogP contribution in [-0.4, -0.2) is 46.9 Å². The zero-order valence-corrected chi connectivity index (χ0v) is 20.7. The second kappa shape index (κ2) is 10.0. The number of carbonyl (C=O) groups excluding carboxylic acids is 5. The second-order valence-electron chi connectivity index (χ2n) is 8.18. The van der Waals surface area contributed by atoms with Gasteiger partial charge in [0.1, 0.15) is 0 Å². The molecule has 0 unspecified atom stereocenters. The Hall–Kier alpha value is -4.21. The van der Waals surface area contributed by atoms with Gasteiger partial charge < -0.3 is 5.32 Å². The van der Waals surface area contributed by atoms with Crippen molar-refractivity contribution < 1.29 is 24.0 Å². The highest BCUT2D eigenvalue weighted by Crippen LogP contribution is 2.32. The van der Waals surface area contributed by atoms with Crippen molar-refractivity contribution in [3.05, 3.63) is 105 Å². The maximum absolute atomic E-state index is 12.7. The molecule has 184 valence electrons. The summed E-state index contributed by atoms with van der Waals surface area (Å²) < 4.78 is 0. The Bertz CT molecular complexity index is 1470. The van der Waals surface area contributed by atoms with Gasteiger partial charge in [-0.1, -0.05) is 41.9 Å². The quantitative estimate of drug-likeness (QED) is 0.368. The van der Waals surface area contributed by atoms with E-state index in [1.54, 1.807) is 72.8 Å². The average molecular weight is 532 g/mol. The summed E-state index contributed by atoms with van der Waals surface area (Å²) in [7, 11) is 0. The van der Waals surface area contributed by atoms with E-state index < -0.39 is 28.9 Å². The number of fused-ring (bicyclic) bond motifs is 1. The minimum Gasteiger partial charge on any atom is -0.350 e. The minimum absolute atomic E-state index is 0.00748. The Morgan fingerprint density at radius 3 is 2.22 bits per heavy atom. The van der Waals surface area contributed by atoms with Gasteiger partial charge in [0, 0.05) is 23.7 Å². The van der Waals surface area contributed by atoms with E-state index in [0.717, 1.165) is 27.1 Å². The van der Waals surface area contributed by atoms with Gasteiger partial charge in [0.15, 0.2) is 0 Å². The van der Waals surface area contributed by atoms with E-state index in [4.69, 9.17) is 11.6 Å². The highest BCUT2D eigenvalue weighted by atomic mass is 35.5. The standard InChI is InChI=1S/C27H18ClN3O5S/c28-18-10-8-16(9-11-18)14-22-26(35)30(27(36)37-22)13-12-29-23(32)17-4-3-5-19(15-17)31-24(33)20-6-1-2-7-21(20)25(31)34/h1-11,14-15H,12-13H2,(H,29,32)/b22-14-. The Balaban J connectivity index is 1.22. The third-order valence-electron chi connectivity index (χ3n) is 5.82. The Morgan fingerprint density at radius 2 is 1.54 bits per heavy atom. The maximum Gasteiger partial charge on any atom is 0.293 e. The van der Waals surface area contributed by atoms with Gasteiger partial charge >= 0.3 is 0 Å². The lowest BCUT2D eigenvalue weighted by atomic mass is 10.1. The van der Waals surface area contributed by atoms with Crippen LogP contribution in [0.4, 0.5) is 10.5 Å². The third kappa shape index (κ3) is 4.78. The molecule has 0 saturated carbocycles. The lowest BCUT2D eigenvalue weighted by Gasteiger charge is -2.16. The number of carbonyl (C=O) groups is 5. The number of imide groups is 2. The average Bonchev–Trinajstić information content (AvgIpc) is 3.32. The van der Waals surface area contributed by atoms with Crippen molar-refractivity contribution in [2.24, 2.45) is 0 Å². The smallest absolute Gasteiger partial charge is 0.293 e. The summed E-state index contributed by atoms with van der Waals surface area (Å²) in [4.78, 5) is 65.7. The molecule has 8 nitrogen and oxygen atoms in total. The van der Waals surface area contributed by atoms with Crippen molar-refractivity contribution in [1.29, 1.82) is 0 Å². The van der Waals surface area contributed by atoms with Crippen molar-refractivity contribution >= 4 is 64.0 Å². The molecular formula is C27H18ClN3O5S. The van der Waals surface area contributed by atoms with Crippen LogP contribution in [0.1, 0.15) is 36.6 Å². The van der Waals surface area contributed by atoms with Crippen LogP contribution in [-0.2, 0) is 4.79 Å². The highest BCUT2D eigenvalue weighted by molar-refractivity contribution is 8.18. The molecule has 5 amide bonds. The van der Waals surface area contributed by atoms with E-state index in [2.05, 4.69) is 5.32 Å². The van der Waals surface area contributed by atoms with Crippen molar-refractivity contribution in [3.63, 3.8) is 0 Å². The Morgan fingerprint density at radius 1 is 0.865 bits per heavy atom. The molecule has 2 aliphatic rings. The molecule has 2 aliphatic heterocycles. The molecule has 1 fully saturated rings. The number of nitrogens with zero attached hydrogens (tertiary/aromatic N) is 2. The van der Waals surface area contributed by atoms with E-state index in [9.17, 15) is 24.0 Å². The first-order valence-corrected chi connectivity index (χ1v) is 12.4. The molecule has 1 N–H and O–H groups in total. The minimum atomic E-state index is -0.470. The number of anilines is 1. The number of nitrogens with one attached hydrogen (secondary N) is 1. The van der Waals surface area contributed by atoms with Crippen LogP contribution in [0.2, 0.25) is 5.02 Å². The Labute approximate surface area is 220 Å². The van der Waals surface area contributed by atoms with Crippen LogP contribution >= 0.6 is 23.4 Å². The molecule has 3 aromatic carbocycles. The van der Waals surface area contributed by atoms with Crippen LogP contribution in [0.25, 0.3) is 6.08 Å². The molecule has 10 heteroatoms. The largest absolute Gasteiger partial charge is 0.350 e. The highest BCUT2D eigenvalue weighted by Gasteiger charge is 2.37. The fourth-order valence-electron chi connectivity index (χ4n) is 4.00. The van der Waals surface area contributed by atoms with E-state index >= 15 is 0 Å². The van der Waals surface area contributed by atoms with Gasteiger partial charge in [0.25, 0.3) is 28.9 Å². The maximum atomic E-state index is 12.7. The van der Waals surface area contributed by atoms with Crippen molar-refractivity contribution in [3.8, 4) is 0 Å². The normalized spacial score (nSPS) is 16.1. The number of thioether (sulfide) groups is 1. The molecule has 0 radical (unpaired) electrons. The molecule has 2 heterocycles. The van der Waals surface area contributed by atoms with Gasteiger partial charge in [-0.15, -0.1) is 0 Å². The van der Waals surface area contributed by atoms with Crippen molar-refractivity contribution in [2.75, 3.05) is 18.0 Å². The fraction of sp³-hybridized carbons (Fsp3) is 0.0741.